The van der Waals surface area contributed by atoms with Crippen LogP contribution in [0.1, 0.15) is 10.4 Å². The van der Waals surface area contributed by atoms with Crippen molar-refractivity contribution >= 4 is 22.4 Å². The van der Waals surface area contributed by atoms with Crippen molar-refractivity contribution in [1.82, 2.24) is 14.8 Å². The summed E-state index contributed by atoms with van der Waals surface area (Å²) in [4.78, 5) is 27.3. The van der Waals surface area contributed by atoms with Gasteiger partial charge in [-0.2, -0.15) is 0 Å². The Morgan fingerprint density at radius 2 is 2.00 bits per heavy atom. The molecule has 7 nitrogen and oxygen atoms in total. The maximum absolute atomic E-state index is 12.7. The van der Waals surface area contributed by atoms with Crippen molar-refractivity contribution in [2.24, 2.45) is 7.05 Å². The zero-order valence-electron chi connectivity index (χ0n) is 14.7. The minimum absolute atomic E-state index is 0.109. The van der Waals surface area contributed by atoms with Crippen molar-refractivity contribution in [3.8, 4) is 0 Å². The van der Waals surface area contributed by atoms with Crippen LogP contribution in [0.25, 0.3) is 10.8 Å². The molecule has 1 aliphatic rings. The van der Waals surface area contributed by atoms with Gasteiger partial charge in [-0.05, 0) is 18.2 Å². The average molecular weight is 344 g/mol. The summed E-state index contributed by atoms with van der Waals surface area (Å²) in [6.07, 6.45) is 1.61. The molecular formula is C18H24N4O3. The number of aryl methyl sites for hydroxylation is 1. The van der Waals surface area contributed by atoms with Crippen LogP contribution in [0.15, 0.2) is 29.2 Å². The summed E-state index contributed by atoms with van der Waals surface area (Å²) in [5.74, 6) is -0.165. The summed E-state index contributed by atoms with van der Waals surface area (Å²) in [5.41, 5.74) is 1.27. The highest BCUT2D eigenvalue weighted by molar-refractivity contribution is 6.07. The van der Waals surface area contributed by atoms with Crippen LogP contribution in [0.5, 0.6) is 0 Å². The van der Waals surface area contributed by atoms with E-state index in [1.807, 2.05) is 19.2 Å². The first-order valence-electron chi connectivity index (χ1n) is 8.49. The molecule has 1 aromatic heterocycles. The Hall–Kier alpha value is -2.38. The fourth-order valence-corrected chi connectivity index (χ4v) is 3.05. The number of fused-ring (bicyclic) bond motifs is 1. The summed E-state index contributed by atoms with van der Waals surface area (Å²) in [5, 5.41) is 7.22. The van der Waals surface area contributed by atoms with E-state index in [1.54, 1.807) is 19.3 Å². The monoisotopic (exact) mass is 344 g/mol. The quantitative estimate of drug-likeness (QED) is 0.833. The lowest BCUT2D eigenvalue weighted by Gasteiger charge is -2.26. The number of pyridine rings is 1. The number of nitrogens with zero attached hydrogens (tertiary/aromatic N) is 2. The van der Waals surface area contributed by atoms with Crippen molar-refractivity contribution in [1.29, 1.82) is 0 Å². The van der Waals surface area contributed by atoms with Gasteiger partial charge in [0.15, 0.2) is 0 Å². The van der Waals surface area contributed by atoms with Gasteiger partial charge in [0.1, 0.15) is 0 Å². The van der Waals surface area contributed by atoms with Crippen LogP contribution < -0.4 is 16.2 Å². The lowest BCUT2D eigenvalue weighted by molar-refractivity contribution is 0.0383. The molecule has 0 unspecified atom stereocenters. The van der Waals surface area contributed by atoms with Gasteiger partial charge in [-0.3, -0.25) is 14.5 Å². The number of rotatable bonds is 5. The second-order valence-corrected chi connectivity index (χ2v) is 6.18. The fourth-order valence-electron chi connectivity index (χ4n) is 3.05. The van der Waals surface area contributed by atoms with Crippen LogP contribution >= 0.6 is 0 Å². The van der Waals surface area contributed by atoms with Gasteiger partial charge in [0.05, 0.1) is 18.8 Å². The smallest absolute Gasteiger partial charge is 0.258 e. The van der Waals surface area contributed by atoms with Gasteiger partial charge in [-0.25, -0.2) is 0 Å². The number of carbonyl (C=O) groups excluding carboxylic acids is 1. The average Bonchev–Trinajstić information content (AvgIpc) is 2.65. The van der Waals surface area contributed by atoms with Crippen LogP contribution in [0.3, 0.4) is 0 Å². The third kappa shape index (κ3) is 3.83. The van der Waals surface area contributed by atoms with Crippen molar-refractivity contribution in [2.45, 2.75) is 0 Å². The zero-order chi connectivity index (χ0) is 17.8. The zero-order valence-corrected chi connectivity index (χ0v) is 14.7. The first kappa shape index (κ1) is 17.4. The summed E-state index contributed by atoms with van der Waals surface area (Å²) in [6, 6.07) is 5.44. The summed E-state index contributed by atoms with van der Waals surface area (Å²) in [7, 11) is 3.47. The molecule has 0 bridgehead atoms. The fraction of sp³-hybridized carbons (Fsp3) is 0.444. The molecule has 0 atom stereocenters. The predicted octanol–water partition coefficient (Wildman–Crippen LogP) is 0.642. The van der Waals surface area contributed by atoms with E-state index in [9.17, 15) is 9.59 Å². The Balaban J connectivity index is 1.80. The second-order valence-electron chi connectivity index (χ2n) is 6.18. The molecule has 2 aromatic rings. The van der Waals surface area contributed by atoms with Gasteiger partial charge in [-0.1, -0.05) is 0 Å². The molecule has 1 aromatic carbocycles. The minimum atomic E-state index is -0.165. The highest BCUT2D eigenvalue weighted by atomic mass is 16.5. The Morgan fingerprint density at radius 1 is 1.24 bits per heavy atom. The van der Waals surface area contributed by atoms with E-state index in [2.05, 4.69) is 15.5 Å². The Kier molecular flexibility index (Phi) is 5.35. The number of anilines is 1. The van der Waals surface area contributed by atoms with Gasteiger partial charge in [0.25, 0.3) is 11.5 Å². The lowest BCUT2D eigenvalue weighted by Crippen LogP contribution is -2.41. The standard InChI is InChI=1S/C18H24N4O3/c1-19-13-3-4-14-15(11-13)16(12-21(2)18(14)24)17(23)20-5-6-22-7-9-25-10-8-22/h3-4,11-12,19H,5-10H2,1-2H3,(H,20,23). The van der Waals surface area contributed by atoms with Crippen LogP contribution in [0, 0.1) is 0 Å². The summed E-state index contributed by atoms with van der Waals surface area (Å²) < 4.78 is 6.78. The number of morpholine rings is 1. The molecule has 2 heterocycles. The van der Waals surface area contributed by atoms with Crippen molar-refractivity contribution < 1.29 is 9.53 Å². The number of nitrogens with one attached hydrogen (secondary N) is 2. The van der Waals surface area contributed by atoms with E-state index in [-0.39, 0.29) is 11.5 Å². The van der Waals surface area contributed by atoms with E-state index >= 15 is 0 Å². The van der Waals surface area contributed by atoms with E-state index in [4.69, 9.17) is 4.74 Å². The third-order valence-corrected chi connectivity index (χ3v) is 4.53. The minimum Gasteiger partial charge on any atom is -0.388 e. The van der Waals surface area contributed by atoms with E-state index in [0.717, 1.165) is 38.5 Å². The molecule has 0 aliphatic carbocycles. The first-order chi connectivity index (χ1) is 12.1. The molecule has 25 heavy (non-hydrogen) atoms. The number of hydrogen-bond donors (Lipinski definition) is 2. The number of carbonyl (C=O) groups is 1. The Morgan fingerprint density at radius 3 is 2.72 bits per heavy atom. The SMILES string of the molecule is CNc1ccc2c(=O)n(C)cc(C(=O)NCCN3CCOCC3)c2c1. The van der Waals surface area contributed by atoms with Gasteiger partial charge < -0.3 is 19.9 Å². The number of aromatic nitrogens is 1. The van der Waals surface area contributed by atoms with E-state index < -0.39 is 0 Å². The van der Waals surface area contributed by atoms with Gasteiger partial charge in [0.2, 0.25) is 0 Å². The topological polar surface area (TPSA) is 75.6 Å². The lowest BCUT2D eigenvalue weighted by atomic mass is 10.1. The maximum atomic E-state index is 12.7. The van der Waals surface area contributed by atoms with E-state index in [0.29, 0.717) is 22.9 Å². The number of benzene rings is 1. The molecule has 7 heteroatoms. The number of amides is 1. The van der Waals surface area contributed by atoms with Crippen LogP contribution in [0.4, 0.5) is 5.69 Å². The first-order valence-corrected chi connectivity index (χ1v) is 8.49. The Bertz CT molecular complexity index is 825. The highest BCUT2D eigenvalue weighted by Gasteiger charge is 2.15. The normalized spacial score (nSPS) is 15.3. The van der Waals surface area contributed by atoms with Crippen LogP contribution in [0.2, 0.25) is 0 Å². The highest BCUT2D eigenvalue weighted by Crippen LogP contribution is 2.20. The molecular weight excluding hydrogens is 320 g/mol. The largest absolute Gasteiger partial charge is 0.388 e. The third-order valence-electron chi connectivity index (χ3n) is 4.53. The number of ether oxygens (including phenoxy) is 1. The predicted molar refractivity (Wildman–Crippen MR) is 98.3 cm³/mol. The Labute approximate surface area is 146 Å². The molecule has 0 radical (unpaired) electrons. The molecule has 0 spiro atoms. The molecule has 0 saturated carbocycles. The van der Waals surface area contributed by atoms with Crippen molar-refractivity contribution in [3.05, 3.63) is 40.3 Å². The van der Waals surface area contributed by atoms with Crippen LogP contribution in [-0.4, -0.2) is 61.8 Å². The molecule has 1 aliphatic heterocycles. The summed E-state index contributed by atoms with van der Waals surface area (Å²) >= 11 is 0. The van der Waals surface area contributed by atoms with Crippen molar-refractivity contribution in [3.63, 3.8) is 0 Å². The van der Waals surface area contributed by atoms with Crippen LogP contribution in [-0.2, 0) is 11.8 Å². The number of hydrogen-bond acceptors (Lipinski definition) is 5. The van der Waals surface area contributed by atoms with E-state index in [1.165, 1.54) is 4.57 Å². The molecule has 1 saturated heterocycles. The van der Waals surface area contributed by atoms with Gasteiger partial charge >= 0.3 is 0 Å². The second kappa shape index (κ2) is 7.67. The summed E-state index contributed by atoms with van der Waals surface area (Å²) in [6.45, 7) is 4.63. The maximum Gasteiger partial charge on any atom is 0.258 e. The molecule has 134 valence electrons. The van der Waals surface area contributed by atoms with Gasteiger partial charge in [-0.15, -0.1) is 0 Å². The molecule has 3 rings (SSSR count). The van der Waals surface area contributed by atoms with Crippen molar-refractivity contribution in [2.75, 3.05) is 51.8 Å². The van der Waals surface area contributed by atoms with Gasteiger partial charge in [0, 0.05) is 62.9 Å². The molecule has 1 fully saturated rings. The molecule has 2 N–H and O–H groups in total. The molecule has 1 amide bonds.